The normalized spacial score (nSPS) is 16.7. The van der Waals surface area contributed by atoms with Crippen molar-refractivity contribution < 1.29 is 19.8 Å². The van der Waals surface area contributed by atoms with Crippen LogP contribution in [0.1, 0.15) is 17.5 Å². The molecular formula is C20H22N2O4. The van der Waals surface area contributed by atoms with Gasteiger partial charge in [0.05, 0.1) is 5.92 Å². The average Bonchev–Trinajstić information content (AvgIpc) is 3.00. The number of carbonyl (C=O) groups is 2. The van der Waals surface area contributed by atoms with Gasteiger partial charge in [-0.05, 0) is 43.2 Å². The number of aromatic hydroxyl groups is 2. The third-order valence-corrected chi connectivity index (χ3v) is 4.59. The molecule has 1 aliphatic rings. The molecule has 1 aliphatic heterocycles. The Bertz CT molecular complexity index is 817. The maximum atomic E-state index is 12.4. The van der Waals surface area contributed by atoms with Crippen LogP contribution in [0.15, 0.2) is 42.5 Å². The molecule has 26 heavy (non-hydrogen) atoms. The van der Waals surface area contributed by atoms with E-state index in [4.69, 9.17) is 0 Å². The average molecular weight is 354 g/mol. The molecule has 1 saturated heterocycles. The first kappa shape index (κ1) is 17.8. The standard InChI is InChI=1S/C20H22N2O4/c1-13-2-5-16(6-3-13)22-12-15(11-19(22)25)20(26)21-9-8-14-4-7-17(23)18(24)10-14/h2-7,10,15,23-24H,8-9,11-12H2,1H3,(H,21,26). The van der Waals surface area contributed by atoms with Crippen molar-refractivity contribution in [3.63, 3.8) is 0 Å². The summed E-state index contributed by atoms with van der Waals surface area (Å²) in [6.45, 7) is 2.77. The summed E-state index contributed by atoms with van der Waals surface area (Å²) >= 11 is 0. The molecule has 0 bridgehead atoms. The zero-order valence-electron chi connectivity index (χ0n) is 14.6. The fraction of sp³-hybridized carbons (Fsp3) is 0.300. The zero-order chi connectivity index (χ0) is 18.7. The maximum absolute atomic E-state index is 12.4. The van der Waals surface area contributed by atoms with Crippen LogP contribution in [-0.4, -0.2) is 35.1 Å². The second kappa shape index (κ2) is 7.47. The van der Waals surface area contributed by atoms with Crippen LogP contribution in [0.25, 0.3) is 0 Å². The Balaban J connectivity index is 1.53. The fourth-order valence-electron chi connectivity index (χ4n) is 3.06. The number of anilines is 1. The lowest BCUT2D eigenvalue weighted by molar-refractivity contribution is -0.126. The number of rotatable bonds is 5. The van der Waals surface area contributed by atoms with E-state index in [0.29, 0.717) is 19.5 Å². The van der Waals surface area contributed by atoms with Crippen molar-refractivity contribution in [1.29, 1.82) is 0 Å². The summed E-state index contributed by atoms with van der Waals surface area (Å²) in [6, 6.07) is 12.3. The van der Waals surface area contributed by atoms with E-state index >= 15 is 0 Å². The number of carbonyl (C=O) groups excluding carboxylic acids is 2. The van der Waals surface area contributed by atoms with Gasteiger partial charge in [-0.25, -0.2) is 0 Å². The molecule has 1 unspecified atom stereocenters. The molecule has 0 saturated carbocycles. The van der Waals surface area contributed by atoms with Crippen molar-refractivity contribution in [2.45, 2.75) is 19.8 Å². The summed E-state index contributed by atoms with van der Waals surface area (Å²) in [5.74, 6) is -0.896. The number of nitrogens with zero attached hydrogens (tertiary/aromatic N) is 1. The molecule has 1 fully saturated rings. The van der Waals surface area contributed by atoms with Gasteiger partial charge in [-0.15, -0.1) is 0 Å². The van der Waals surface area contributed by atoms with Gasteiger partial charge in [-0.1, -0.05) is 23.8 Å². The van der Waals surface area contributed by atoms with Gasteiger partial charge in [0, 0.05) is 25.2 Å². The lowest BCUT2D eigenvalue weighted by Gasteiger charge is -2.17. The molecule has 136 valence electrons. The third-order valence-electron chi connectivity index (χ3n) is 4.59. The van der Waals surface area contributed by atoms with E-state index in [0.717, 1.165) is 16.8 Å². The Labute approximate surface area is 152 Å². The molecule has 0 aliphatic carbocycles. The van der Waals surface area contributed by atoms with E-state index < -0.39 is 0 Å². The van der Waals surface area contributed by atoms with E-state index in [1.54, 1.807) is 11.0 Å². The van der Waals surface area contributed by atoms with Crippen LogP contribution in [0, 0.1) is 12.8 Å². The topological polar surface area (TPSA) is 89.9 Å². The highest BCUT2D eigenvalue weighted by atomic mass is 16.3. The number of nitrogens with one attached hydrogen (secondary N) is 1. The molecule has 2 aromatic rings. The van der Waals surface area contributed by atoms with E-state index in [9.17, 15) is 19.8 Å². The fourth-order valence-corrected chi connectivity index (χ4v) is 3.06. The van der Waals surface area contributed by atoms with Gasteiger partial charge in [0.15, 0.2) is 11.5 Å². The second-order valence-corrected chi connectivity index (χ2v) is 6.61. The lowest BCUT2D eigenvalue weighted by atomic mass is 10.1. The summed E-state index contributed by atoms with van der Waals surface area (Å²) in [5, 5.41) is 21.6. The Morgan fingerprint density at radius 1 is 1.15 bits per heavy atom. The summed E-state index contributed by atoms with van der Waals surface area (Å²) < 4.78 is 0. The number of phenols is 2. The Morgan fingerprint density at radius 2 is 1.88 bits per heavy atom. The molecule has 6 heteroatoms. The molecule has 3 rings (SSSR count). The van der Waals surface area contributed by atoms with Gasteiger partial charge in [0.1, 0.15) is 0 Å². The monoisotopic (exact) mass is 354 g/mol. The van der Waals surface area contributed by atoms with Crippen molar-refractivity contribution in [3.05, 3.63) is 53.6 Å². The molecule has 0 aromatic heterocycles. The first-order valence-corrected chi connectivity index (χ1v) is 8.59. The van der Waals surface area contributed by atoms with Crippen molar-refractivity contribution in [1.82, 2.24) is 5.32 Å². The van der Waals surface area contributed by atoms with E-state index in [2.05, 4.69) is 5.32 Å². The number of aryl methyl sites for hydroxylation is 1. The van der Waals surface area contributed by atoms with Crippen molar-refractivity contribution in [2.24, 2.45) is 5.92 Å². The van der Waals surface area contributed by atoms with Crippen molar-refractivity contribution >= 4 is 17.5 Å². The second-order valence-electron chi connectivity index (χ2n) is 6.61. The van der Waals surface area contributed by atoms with Crippen LogP contribution in [0.2, 0.25) is 0 Å². The van der Waals surface area contributed by atoms with Crippen LogP contribution in [0.5, 0.6) is 11.5 Å². The molecule has 2 amide bonds. The molecule has 0 spiro atoms. The van der Waals surface area contributed by atoms with Gasteiger partial charge in [-0.3, -0.25) is 9.59 Å². The summed E-state index contributed by atoms with van der Waals surface area (Å²) in [7, 11) is 0. The van der Waals surface area contributed by atoms with Gasteiger partial charge < -0.3 is 20.4 Å². The number of phenolic OH excluding ortho intramolecular Hbond substituents is 2. The smallest absolute Gasteiger partial charge is 0.227 e. The maximum Gasteiger partial charge on any atom is 0.227 e. The van der Waals surface area contributed by atoms with Gasteiger partial charge in [-0.2, -0.15) is 0 Å². The Hall–Kier alpha value is -3.02. The number of amides is 2. The number of hydrogen-bond acceptors (Lipinski definition) is 4. The number of benzene rings is 2. The predicted octanol–water partition coefficient (Wildman–Crippen LogP) is 2.12. The zero-order valence-corrected chi connectivity index (χ0v) is 14.6. The summed E-state index contributed by atoms with van der Waals surface area (Å²) in [4.78, 5) is 26.2. The van der Waals surface area contributed by atoms with E-state index in [1.165, 1.54) is 12.1 Å². The lowest BCUT2D eigenvalue weighted by Crippen LogP contribution is -2.34. The molecular weight excluding hydrogens is 332 g/mol. The van der Waals surface area contributed by atoms with Crippen LogP contribution < -0.4 is 10.2 Å². The predicted molar refractivity (Wildman–Crippen MR) is 98.1 cm³/mol. The molecule has 1 heterocycles. The first-order valence-electron chi connectivity index (χ1n) is 8.59. The third kappa shape index (κ3) is 3.96. The minimum Gasteiger partial charge on any atom is -0.504 e. The van der Waals surface area contributed by atoms with Crippen molar-refractivity contribution in [2.75, 3.05) is 18.0 Å². The Morgan fingerprint density at radius 3 is 2.58 bits per heavy atom. The van der Waals surface area contributed by atoms with Crippen LogP contribution in [0.3, 0.4) is 0 Å². The van der Waals surface area contributed by atoms with Crippen LogP contribution in [-0.2, 0) is 16.0 Å². The highest BCUT2D eigenvalue weighted by Crippen LogP contribution is 2.26. The van der Waals surface area contributed by atoms with Crippen LogP contribution in [0.4, 0.5) is 5.69 Å². The van der Waals surface area contributed by atoms with Crippen LogP contribution >= 0.6 is 0 Å². The van der Waals surface area contributed by atoms with E-state index in [-0.39, 0.29) is 35.7 Å². The highest BCUT2D eigenvalue weighted by Gasteiger charge is 2.34. The van der Waals surface area contributed by atoms with Crippen molar-refractivity contribution in [3.8, 4) is 11.5 Å². The number of hydrogen-bond donors (Lipinski definition) is 3. The minimum atomic E-state index is -0.364. The SMILES string of the molecule is Cc1ccc(N2CC(C(=O)NCCc3ccc(O)c(O)c3)CC2=O)cc1. The molecule has 0 radical (unpaired) electrons. The van der Waals surface area contributed by atoms with Gasteiger partial charge >= 0.3 is 0 Å². The first-order chi connectivity index (χ1) is 12.4. The molecule has 1 atom stereocenters. The summed E-state index contributed by atoms with van der Waals surface area (Å²) in [6.07, 6.45) is 0.738. The quantitative estimate of drug-likeness (QED) is 0.718. The molecule has 3 N–H and O–H groups in total. The molecule has 2 aromatic carbocycles. The minimum absolute atomic E-state index is 0.0440. The Kier molecular flexibility index (Phi) is 5.11. The largest absolute Gasteiger partial charge is 0.504 e. The van der Waals surface area contributed by atoms with Gasteiger partial charge in [0.25, 0.3) is 0 Å². The highest BCUT2D eigenvalue weighted by molar-refractivity contribution is 6.00. The summed E-state index contributed by atoms with van der Waals surface area (Å²) in [5.41, 5.74) is 2.75. The van der Waals surface area contributed by atoms with E-state index in [1.807, 2.05) is 31.2 Å². The molecule has 6 nitrogen and oxygen atoms in total. The van der Waals surface area contributed by atoms with Gasteiger partial charge in [0.2, 0.25) is 11.8 Å².